The van der Waals surface area contributed by atoms with Crippen molar-refractivity contribution in [3.63, 3.8) is 0 Å². The van der Waals surface area contributed by atoms with E-state index in [1.807, 2.05) is 13.8 Å². The number of aromatic nitrogens is 2. The van der Waals surface area contributed by atoms with Gasteiger partial charge in [-0.2, -0.15) is 0 Å². The van der Waals surface area contributed by atoms with Crippen molar-refractivity contribution in [2.24, 2.45) is 0 Å². The Balaban J connectivity index is 2.89. The summed E-state index contributed by atoms with van der Waals surface area (Å²) in [5, 5.41) is 9.05. The van der Waals surface area contributed by atoms with Gasteiger partial charge in [0.1, 0.15) is 12.8 Å². The highest BCUT2D eigenvalue weighted by Crippen LogP contribution is 2.07. The summed E-state index contributed by atoms with van der Waals surface area (Å²) in [6.07, 6.45) is 0.200. The molecule has 1 N–H and O–H groups in total. The predicted molar refractivity (Wildman–Crippen MR) is 54.6 cm³/mol. The number of nitrogens with zero attached hydrogens (tertiary/aromatic N) is 2. The molecule has 0 saturated carbocycles. The average molecular weight is 214 g/mol. The first-order valence-electron chi connectivity index (χ1n) is 4.85. The fourth-order valence-corrected chi connectivity index (χ4v) is 1.17. The van der Waals surface area contributed by atoms with Crippen LogP contribution in [-0.2, 0) is 6.54 Å². The Morgan fingerprint density at radius 3 is 2.73 bits per heavy atom. The van der Waals surface area contributed by atoms with E-state index in [1.54, 1.807) is 0 Å². The molecular weight excluding hydrogens is 199 g/mol. The van der Waals surface area contributed by atoms with Crippen molar-refractivity contribution >= 4 is 0 Å². The third-order valence-electron chi connectivity index (χ3n) is 2.08. The molecule has 0 aliphatic carbocycles. The summed E-state index contributed by atoms with van der Waals surface area (Å²) in [6, 6.07) is 1.41. The Kier molecular flexibility index (Phi) is 3.96. The van der Waals surface area contributed by atoms with Crippen molar-refractivity contribution in [2.75, 3.05) is 6.67 Å². The third kappa shape index (κ3) is 3.13. The molecule has 0 spiro atoms. The smallest absolute Gasteiger partial charge is 0.253 e. The zero-order valence-electron chi connectivity index (χ0n) is 8.85. The average Bonchev–Trinajstić information content (AvgIpc) is 2.20. The zero-order valence-corrected chi connectivity index (χ0v) is 8.85. The normalized spacial score (nSPS) is 13.1. The number of alkyl halides is 1. The first-order valence-corrected chi connectivity index (χ1v) is 4.85. The third-order valence-corrected chi connectivity index (χ3v) is 2.08. The molecule has 1 unspecified atom stereocenters. The fourth-order valence-electron chi connectivity index (χ4n) is 1.17. The first-order chi connectivity index (χ1) is 7.04. The molecule has 0 radical (unpaired) electrons. The van der Waals surface area contributed by atoms with Gasteiger partial charge >= 0.3 is 0 Å². The predicted octanol–water partition coefficient (Wildman–Crippen LogP) is 0.697. The number of halogens is 1. The maximum Gasteiger partial charge on any atom is 0.253 e. The molecule has 0 aliphatic heterocycles. The summed E-state index contributed by atoms with van der Waals surface area (Å²) in [5.74, 6) is 0.179. The molecule has 0 aromatic carbocycles. The highest BCUT2D eigenvalue weighted by molar-refractivity contribution is 5.04. The molecule has 15 heavy (non-hydrogen) atoms. The maximum absolute atomic E-state index is 12.0. The quantitative estimate of drug-likeness (QED) is 0.802. The second kappa shape index (κ2) is 5.02. The molecule has 4 nitrogen and oxygen atoms in total. The lowest BCUT2D eigenvalue weighted by atomic mass is 10.1. The second-order valence-corrected chi connectivity index (χ2v) is 3.77. The van der Waals surface area contributed by atoms with E-state index in [0.717, 1.165) is 0 Å². The minimum Gasteiger partial charge on any atom is -0.389 e. The van der Waals surface area contributed by atoms with Crippen LogP contribution in [0.3, 0.4) is 0 Å². The molecule has 0 bridgehead atoms. The molecule has 1 aromatic rings. The van der Waals surface area contributed by atoms with E-state index in [1.165, 1.54) is 17.0 Å². The van der Waals surface area contributed by atoms with Crippen LogP contribution in [0.2, 0.25) is 0 Å². The van der Waals surface area contributed by atoms with Gasteiger partial charge in [0.2, 0.25) is 0 Å². The summed E-state index contributed by atoms with van der Waals surface area (Å²) in [7, 11) is 0. The summed E-state index contributed by atoms with van der Waals surface area (Å²) in [5.41, 5.74) is 0.437. The number of hydrogen-bond acceptors (Lipinski definition) is 3. The van der Waals surface area contributed by atoms with E-state index in [-0.39, 0.29) is 18.0 Å². The minimum atomic E-state index is -1.14. The maximum atomic E-state index is 12.0. The van der Waals surface area contributed by atoms with Gasteiger partial charge < -0.3 is 5.11 Å². The van der Waals surface area contributed by atoms with Crippen LogP contribution in [0.25, 0.3) is 0 Å². The Morgan fingerprint density at radius 1 is 1.60 bits per heavy atom. The largest absolute Gasteiger partial charge is 0.389 e. The molecule has 0 aliphatic rings. The summed E-state index contributed by atoms with van der Waals surface area (Å²) in [4.78, 5) is 15.5. The van der Waals surface area contributed by atoms with Crippen LogP contribution in [-0.4, -0.2) is 27.4 Å². The van der Waals surface area contributed by atoms with Gasteiger partial charge in [-0.05, 0) is 5.92 Å². The van der Waals surface area contributed by atoms with Gasteiger partial charge in [0.25, 0.3) is 5.56 Å². The van der Waals surface area contributed by atoms with Crippen LogP contribution in [0.4, 0.5) is 4.39 Å². The summed E-state index contributed by atoms with van der Waals surface area (Å²) < 4.78 is 13.2. The van der Waals surface area contributed by atoms with E-state index >= 15 is 0 Å². The van der Waals surface area contributed by atoms with Gasteiger partial charge in [0.15, 0.2) is 0 Å². The molecular formula is C10H15FN2O2. The molecule has 0 fully saturated rings. The molecule has 1 aromatic heterocycles. The monoisotopic (exact) mass is 214 g/mol. The minimum absolute atomic E-state index is 0.0549. The molecule has 0 amide bonds. The topological polar surface area (TPSA) is 55.1 Å². The molecule has 5 heteroatoms. The van der Waals surface area contributed by atoms with E-state index in [9.17, 15) is 9.18 Å². The van der Waals surface area contributed by atoms with E-state index in [4.69, 9.17) is 5.11 Å². The van der Waals surface area contributed by atoms with Crippen molar-refractivity contribution in [3.05, 3.63) is 28.4 Å². The van der Waals surface area contributed by atoms with Crippen LogP contribution in [0.1, 0.15) is 25.5 Å². The van der Waals surface area contributed by atoms with Gasteiger partial charge in [-0.1, -0.05) is 13.8 Å². The Labute approximate surface area is 87.4 Å². The number of aliphatic hydroxyl groups excluding tert-OH is 1. The van der Waals surface area contributed by atoms with Crippen molar-refractivity contribution in [1.82, 2.24) is 9.55 Å². The standard InChI is InChI=1S/C10H15FN2O2/c1-7(2)9-3-10(15)13(6-12-9)5-8(14)4-11/h3,6-8,14H,4-5H2,1-2H3. The first kappa shape index (κ1) is 11.8. The number of aliphatic hydroxyl groups is 1. The molecule has 84 valence electrons. The lowest BCUT2D eigenvalue weighted by molar-refractivity contribution is 0.120. The Hall–Kier alpha value is -1.23. The number of rotatable bonds is 4. The van der Waals surface area contributed by atoms with Crippen LogP contribution in [0.15, 0.2) is 17.2 Å². The van der Waals surface area contributed by atoms with Crippen LogP contribution >= 0.6 is 0 Å². The SMILES string of the molecule is CC(C)c1cc(=O)n(CC(O)CF)cn1. The van der Waals surface area contributed by atoms with E-state index < -0.39 is 12.8 Å². The van der Waals surface area contributed by atoms with Gasteiger partial charge in [0.05, 0.1) is 18.6 Å². The lowest BCUT2D eigenvalue weighted by Crippen LogP contribution is -2.28. The molecule has 1 rings (SSSR count). The van der Waals surface area contributed by atoms with Crippen LogP contribution in [0.5, 0.6) is 0 Å². The van der Waals surface area contributed by atoms with Crippen LogP contribution < -0.4 is 5.56 Å². The summed E-state index contributed by atoms with van der Waals surface area (Å²) in [6.45, 7) is 2.95. The molecule has 0 saturated heterocycles. The fraction of sp³-hybridized carbons (Fsp3) is 0.600. The molecule has 1 heterocycles. The Morgan fingerprint density at radius 2 is 2.27 bits per heavy atom. The van der Waals surface area contributed by atoms with E-state index in [2.05, 4.69) is 4.98 Å². The highest BCUT2D eigenvalue weighted by atomic mass is 19.1. The van der Waals surface area contributed by atoms with Crippen molar-refractivity contribution in [2.45, 2.75) is 32.4 Å². The highest BCUT2D eigenvalue weighted by Gasteiger charge is 2.08. The van der Waals surface area contributed by atoms with Crippen LogP contribution in [0, 0.1) is 0 Å². The van der Waals surface area contributed by atoms with Crippen molar-refractivity contribution < 1.29 is 9.50 Å². The Bertz CT molecular complexity index is 376. The number of hydrogen-bond donors (Lipinski definition) is 1. The zero-order chi connectivity index (χ0) is 11.4. The lowest BCUT2D eigenvalue weighted by Gasteiger charge is -2.10. The van der Waals surface area contributed by atoms with Gasteiger partial charge in [0, 0.05) is 6.07 Å². The molecule has 1 atom stereocenters. The van der Waals surface area contributed by atoms with Gasteiger partial charge in [-0.3, -0.25) is 9.36 Å². The van der Waals surface area contributed by atoms with Gasteiger partial charge in [-0.25, -0.2) is 9.37 Å². The summed E-state index contributed by atoms with van der Waals surface area (Å²) >= 11 is 0. The van der Waals surface area contributed by atoms with Gasteiger partial charge in [-0.15, -0.1) is 0 Å². The van der Waals surface area contributed by atoms with Crippen molar-refractivity contribution in [3.8, 4) is 0 Å². The second-order valence-electron chi connectivity index (χ2n) is 3.77. The van der Waals surface area contributed by atoms with E-state index in [0.29, 0.717) is 5.69 Å². The van der Waals surface area contributed by atoms with Crippen molar-refractivity contribution in [1.29, 1.82) is 0 Å².